The highest BCUT2D eigenvalue weighted by molar-refractivity contribution is 5.86. The Labute approximate surface area is 176 Å². The molecule has 0 spiro atoms. The summed E-state index contributed by atoms with van der Waals surface area (Å²) in [5.41, 5.74) is 9.70. The first-order valence-corrected chi connectivity index (χ1v) is 10.2. The van der Waals surface area contributed by atoms with Crippen molar-refractivity contribution < 1.29 is 9.15 Å². The van der Waals surface area contributed by atoms with E-state index in [0.717, 1.165) is 42.3 Å². The number of anilines is 1. The highest BCUT2D eigenvalue weighted by atomic mass is 16.5. The standard InChI is InChI=1S/C21H20N8O2/c22-21-24-18(16-4-3-9-30-16)19-20(25-21)28(27-26-19)12-13-6-7-15-14(10-13)11-23-29(15)17-5-1-2-8-31-17/h3-4,6-7,9-11,17H,1-2,5,8,12H2,(H2,22,24,25). The van der Waals surface area contributed by atoms with Crippen molar-refractivity contribution in [2.24, 2.45) is 0 Å². The predicted molar refractivity (Wildman–Crippen MR) is 113 cm³/mol. The SMILES string of the molecule is Nc1nc(-c2ccco2)c2nnn(Cc3ccc4c(cnn4C4CCCCO4)c3)c2n1. The third-order valence-corrected chi connectivity index (χ3v) is 5.56. The summed E-state index contributed by atoms with van der Waals surface area (Å²) in [5, 5.41) is 14.2. The van der Waals surface area contributed by atoms with Crippen molar-refractivity contribution in [3.05, 3.63) is 48.4 Å². The maximum Gasteiger partial charge on any atom is 0.222 e. The van der Waals surface area contributed by atoms with Gasteiger partial charge in [-0.2, -0.15) is 10.1 Å². The minimum absolute atomic E-state index is 0.0102. The molecule has 0 radical (unpaired) electrons. The summed E-state index contributed by atoms with van der Waals surface area (Å²) in [7, 11) is 0. The number of hydrogen-bond donors (Lipinski definition) is 1. The van der Waals surface area contributed by atoms with Gasteiger partial charge < -0.3 is 14.9 Å². The molecule has 0 bridgehead atoms. The first-order chi connectivity index (χ1) is 15.3. The zero-order valence-electron chi connectivity index (χ0n) is 16.7. The van der Waals surface area contributed by atoms with E-state index in [1.165, 1.54) is 0 Å². The van der Waals surface area contributed by atoms with E-state index in [4.69, 9.17) is 14.9 Å². The van der Waals surface area contributed by atoms with Crippen molar-refractivity contribution in [3.8, 4) is 11.5 Å². The molecular formula is C21H20N8O2. The molecule has 1 fully saturated rings. The van der Waals surface area contributed by atoms with E-state index in [2.05, 4.69) is 43.6 Å². The Hall–Kier alpha value is -3.79. The van der Waals surface area contributed by atoms with Crippen molar-refractivity contribution >= 4 is 28.0 Å². The van der Waals surface area contributed by atoms with E-state index in [-0.39, 0.29) is 12.2 Å². The van der Waals surface area contributed by atoms with Gasteiger partial charge in [0, 0.05) is 12.0 Å². The van der Waals surface area contributed by atoms with Crippen LogP contribution in [0.15, 0.2) is 47.2 Å². The monoisotopic (exact) mass is 416 g/mol. The Bertz CT molecular complexity index is 1370. The summed E-state index contributed by atoms with van der Waals surface area (Å²) >= 11 is 0. The second-order valence-electron chi connectivity index (χ2n) is 7.63. The molecule has 31 heavy (non-hydrogen) atoms. The maximum absolute atomic E-state index is 5.94. The van der Waals surface area contributed by atoms with Crippen molar-refractivity contribution in [3.63, 3.8) is 0 Å². The van der Waals surface area contributed by atoms with E-state index in [0.29, 0.717) is 29.2 Å². The zero-order valence-corrected chi connectivity index (χ0v) is 16.7. The normalized spacial score (nSPS) is 17.0. The molecule has 0 saturated carbocycles. The fourth-order valence-corrected chi connectivity index (χ4v) is 4.08. The molecule has 5 heterocycles. The average Bonchev–Trinajstić information content (AvgIpc) is 3.54. The van der Waals surface area contributed by atoms with Crippen molar-refractivity contribution in [2.45, 2.75) is 32.0 Å². The molecule has 10 nitrogen and oxygen atoms in total. The van der Waals surface area contributed by atoms with Crippen LogP contribution in [-0.4, -0.2) is 41.3 Å². The zero-order chi connectivity index (χ0) is 20.8. The van der Waals surface area contributed by atoms with Gasteiger partial charge in [0.2, 0.25) is 5.95 Å². The number of nitrogen functional groups attached to an aromatic ring is 1. The lowest BCUT2D eigenvalue weighted by Gasteiger charge is -2.23. The number of nitrogens with zero attached hydrogens (tertiary/aromatic N) is 7. The van der Waals surface area contributed by atoms with Gasteiger partial charge in [0.15, 0.2) is 23.2 Å². The quantitative estimate of drug-likeness (QED) is 0.474. The van der Waals surface area contributed by atoms with Gasteiger partial charge in [0.25, 0.3) is 0 Å². The fourth-order valence-electron chi connectivity index (χ4n) is 4.08. The number of benzene rings is 1. The third kappa shape index (κ3) is 3.12. The number of ether oxygens (including phenoxy) is 1. The van der Waals surface area contributed by atoms with E-state index < -0.39 is 0 Å². The molecule has 1 aliphatic rings. The summed E-state index contributed by atoms with van der Waals surface area (Å²) in [4.78, 5) is 8.65. The van der Waals surface area contributed by atoms with Gasteiger partial charge >= 0.3 is 0 Å². The summed E-state index contributed by atoms with van der Waals surface area (Å²) in [6.45, 7) is 1.28. The summed E-state index contributed by atoms with van der Waals surface area (Å²) in [5.74, 6) is 0.719. The second-order valence-corrected chi connectivity index (χ2v) is 7.63. The molecule has 1 saturated heterocycles. The number of hydrogen-bond acceptors (Lipinski definition) is 8. The van der Waals surface area contributed by atoms with Gasteiger partial charge in [0.1, 0.15) is 5.69 Å². The van der Waals surface area contributed by atoms with Crippen LogP contribution in [0, 0.1) is 0 Å². The van der Waals surface area contributed by atoms with E-state index >= 15 is 0 Å². The number of nitrogens with two attached hydrogens (primary N) is 1. The highest BCUT2D eigenvalue weighted by Crippen LogP contribution is 2.28. The van der Waals surface area contributed by atoms with Crippen LogP contribution < -0.4 is 5.73 Å². The molecule has 10 heteroatoms. The average molecular weight is 416 g/mol. The number of fused-ring (bicyclic) bond motifs is 2. The molecule has 1 unspecified atom stereocenters. The van der Waals surface area contributed by atoms with Gasteiger partial charge in [-0.15, -0.1) is 5.10 Å². The van der Waals surface area contributed by atoms with E-state index in [9.17, 15) is 0 Å². The van der Waals surface area contributed by atoms with Crippen molar-refractivity contribution in [1.29, 1.82) is 0 Å². The molecule has 5 aromatic rings. The molecule has 4 aromatic heterocycles. The van der Waals surface area contributed by atoms with E-state index in [1.807, 2.05) is 16.9 Å². The van der Waals surface area contributed by atoms with Gasteiger partial charge in [-0.25, -0.2) is 14.3 Å². The van der Waals surface area contributed by atoms with Crippen molar-refractivity contribution in [1.82, 2.24) is 34.7 Å². The summed E-state index contributed by atoms with van der Waals surface area (Å²) in [6.07, 6.45) is 6.73. The third-order valence-electron chi connectivity index (χ3n) is 5.56. The molecule has 156 valence electrons. The van der Waals surface area contributed by atoms with Crippen LogP contribution in [0.25, 0.3) is 33.5 Å². The first-order valence-electron chi connectivity index (χ1n) is 10.2. The smallest absolute Gasteiger partial charge is 0.222 e. The van der Waals surface area contributed by atoms with Gasteiger partial charge in [-0.05, 0) is 49.1 Å². The lowest BCUT2D eigenvalue weighted by molar-refractivity contribution is -0.0366. The molecular weight excluding hydrogens is 396 g/mol. The van der Waals surface area contributed by atoms with Crippen LogP contribution in [-0.2, 0) is 11.3 Å². The Kier molecular flexibility index (Phi) is 4.17. The first kappa shape index (κ1) is 18.0. The molecule has 1 aliphatic heterocycles. The molecule has 0 amide bonds. The number of furan rings is 1. The number of rotatable bonds is 4. The van der Waals surface area contributed by atoms with Crippen LogP contribution in [0.5, 0.6) is 0 Å². The van der Waals surface area contributed by atoms with Crippen LogP contribution in [0.1, 0.15) is 31.1 Å². The van der Waals surface area contributed by atoms with Crippen LogP contribution in [0.3, 0.4) is 0 Å². The molecule has 1 atom stereocenters. The minimum Gasteiger partial charge on any atom is -0.463 e. The Morgan fingerprint density at radius 2 is 2.13 bits per heavy atom. The Morgan fingerprint density at radius 1 is 1.16 bits per heavy atom. The van der Waals surface area contributed by atoms with Gasteiger partial charge in [-0.1, -0.05) is 11.3 Å². The lowest BCUT2D eigenvalue weighted by atomic mass is 10.1. The van der Waals surface area contributed by atoms with Crippen molar-refractivity contribution in [2.75, 3.05) is 12.3 Å². The lowest BCUT2D eigenvalue weighted by Crippen LogP contribution is -2.18. The van der Waals surface area contributed by atoms with Crippen LogP contribution in [0.2, 0.25) is 0 Å². The Morgan fingerprint density at radius 3 is 2.97 bits per heavy atom. The van der Waals surface area contributed by atoms with E-state index in [1.54, 1.807) is 17.0 Å². The predicted octanol–water partition coefficient (Wildman–Crippen LogP) is 3.16. The van der Waals surface area contributed by atoms with Gasteiger partial charge in [-0.3, -0.25) is 0 Å². The molecule has 1 aromatic carbocycles. The molecule has 0 aliphatic carbocycles. The van der Waals surface area contributed by atoms with Crippen LogP contribution in [0.4, 0.5) is 5.95 Å². The maximum atomic E-state index is 5.94. The summed E-state index contributed by atoms with van der Waals surface area (Å²) in [6, 6.07) is 9.84. The largest absolute Gasteiger partial charge is 0.463 e. The molecule has 2 N–H and O–H groups in total. The van der Waals surface area contributed by atoms with Gasteiger partial charge in [0.05, 0.1) is 24.5 Å². The topological polar surface area (TPSA) is 123 Å². The Balaban J connectivity index is 1.35. The fraction of sp³-hybridized carbons (Fsp3) is 0.286. The number of aromatic nitrogens is 7. The van der Waals surface area contributed by atoms with Crippen LogP contribution >= 0.6 is 0 Å². The second kappa shape index (κ2) is 7.17. The highest BCUT2D eigenvalue weighted by Gasteiger charge is 2.20. The minimum atomic E-state index is 0.0102. The summed E-state index contributed by atoms with van der Waals surface area (Å²) < 4.78 is 15.1. The molecule has 6 rings (SSSR count).